The average Bonchev–Trinajstić information content (AvgIpc) is 3.81. The Morgan fingerprint density at radius 1 is 0.558 bits per heavy atom. The molecular weight excluding hydrogens is 635 g/mol. The van der Waals surface area contributed by atoms with Gasteiger partial charge in [0.15, 0.2) is 17.5 Å². The predicted octanol–water partition coefficient (Wildman–Crippen LogP) is 11.5. The second-order valence-electron chi connectivity index (χ2n) is 13.5. The normalized spacial score (nSPS) is 13.7. The molecule has 2 aromatic heterocycles. The predicted molar refractivity (Wildman–Crippen MR) is 210 cm³/mol. The number of benzene rings is 6. The summed E-state index contributed by atoms with van der Waals surface area (Å²) in [5.74, 6) is 2.80. The maximum atomic E-state index is 6.89. The Bertz CT molecular complexity index is 2640. The minimum absolute atomic E-state index is 0.620. The van der Waals surface area contributed by atoms with Crippen LogP contribution in [-0.4, -0.2) is 15.0 Å². The molecule has 0 radical (unpaired) electrons. The van der Waals surface area contributed by atoms with Crippen LogP contribution >= 0.6 is 0 Å². The molecule has 6 aromatic carbocycles. The summed E-state index contributed by atoms with van der Waals surface area (Å²) < 4.78 is 6.89. The SMILES string of the molecule is C=CCc1c(C2=C(C)C3(c4ccccc4-c4ccccc43)c3c2cccc3-c2nc(-c3ccccc3)nc(-c3ccccc3)n2)oc2ccccc12. The first-order valence-electron chi connectivity index (χ1n) is 17.7. The molecule has 8 aromatic rings. The summed E-state index contributed by atoms with van der Waals surface area (Å²) in [5.41, 5.74) is 13.8. The van der Waals surface area contributed by atoms with Gasteiger partial charge in [0, 0.05) is 33.2 Å². The molecule has 0 unspecified atom stereocenters. The molecule has 1 spiro atoms. The van der Waals surface area contributed by atoms with Gasteiger partial charge < -0.3 is 4.42 Å². The van der Waals surface area contributed by atoms with Crippen LogP contribution in [0.3, 0.4) is 0 Å². The molecule has 0 saturated heterocycles. The van der Waals surface area contributed by atoms with Crippen LogP contribution in [0.5, 0.6) is 0 Å². The van der Waals surface area contributed by atoms with Gasteiger partial charge in [-0.25, -0.2) is 15.0 Å². The zero-order chi connectivity index (χ0) is 34.8. The maximum Gasteiger partial charge on any atom is 0.164 e. The summed E-state index contributed by atoms with van der Waals surface area (Å²) in [6, 6.07) is 53.0. The van der Waals surface area contributed by atoms with Crippen LogP contribution in [-0.2, 0) is 11.8 Å². The molecule has 0 amide bonds. The molecule has 0 bridgehead atoms. The molecule has 2 aliphatic rings. The number of allylic oxidation sites excluding steroid dienone is 2. The number of hydrogen-bond donors (Lipinski definition) is 0. The molecule has 52 heavy (non-hydrogen) atoms. The van der Waals surface area contributed by atoms with Crippen molar-refractivity contribution in [3.05, 3.63) is 203 Å². The van der Waals surface area contributed by atoms with Crippen molar-refractivity contribution in [3.8, 4) is 45.3 Å². The number of hydrogen-bond acceptors (Lipinski definition) is 4. The quantitative estimate of drug-likeness (QED) is 0.166. The summed E-state index contributed by atoms with van der Waals surface area (Å²) in [7, 11) is 0. The van der Waals surface area contributed by atoms with E-state index >= 15 is 0 Å². The van der Waals surface area contributed by atoms with Gasteiger partial charge in [-0.15, -0.1) is 6.58 Å². The third-order valence-corrected chi connectivity index (χ3v) is 10.8. The maximum absolute atomic E-state index is 6.89. The van der Waals surface area contributed by atoms with Crippen molar-refractivity contribution < 1.29 is 4.42 Å². The van der Waals surface area contributed by atoms with Gasteiger partial charge in [-0.2, -0.15) is 0 Å². The molecule has 2 heterocycles. The van der Waals surface area contributed by atoms with E-state index in [4.69, 9.17) is 19.4 Å². The molecule has 0 atom stereocenters. The van der Waals surface area contributed by atoms with Gasteiger partial charge in [0.05, 0.1) is 5.41 Å². The lowest BCUT2D eigenvalue weighted by Crippen LogP contribution is -2.27. The number of nitrogens with zero attached hydrogens (tertiary/aromatic N) is 3. The minimum Gasteiger partial charge on any atom is -0.456 e. The van der Waals surface area contributed by atoms with E-state index in [1.807, 2.05) is 48.5 Å². The Kier molecular flexibility index (Phi) is 6.80. The molecule has 4 heteroatoms. The van der Waals surface area contributed by atoms with Crippen molar-refractivity contribution in [1.82, 2.24) is 15.0 Å². The van der Waals surface area contributed by atoms with Gasteiger partial charge in [0.2, 0.25) is 0 Å². The molecule has 246 valence electrons. The zero-order valence-corrected chi connectivity index (χ0v) is 28.7. The zero-order valence-electron chi connectivity index (χ0n) is 28.7. The fourth-order valence-corrected chi connectivity index (χ4v) is 8.71. The first kappa shape index (κ1) is 30.2. The van der Waals surface area contributed by atoms with Gasteiger partial charge in [0.25, 0.3) is 0 Å². The number of fused-ring (bicyclic) bond motifs is 8. The Morgan fingerprint density at radius 3 is 1.71 bits per heavy atom. The summed E-state index contributed by atoms with van der Waals surface area (Å²) in [5, 5.41) is 1.11. The van der Waals surface area contributed by atoms with E-state index in [9.17, 15) is 0 Å². The van der Waals surface area contributed by atoms with Crippen molar-refractivity contribution in [2.24, 2.45) is 0 Å². The topological polar surface area (TPSA) is 51.8 Å². The summed E-state index contributed by atoms with van der Waals surface area (Å²) in [6.07, 6.45) is 2.66. The molecule has 0 N–H and O–H groups in total. The molecule has 4 nitrogen and oxygen atoms in total. The largest absolute Gasteiger partial charge is 0.456 e. The second kappa shape index (κ2) is 11.7. The lowest BCUT2D eigenvalue weighted by molar-refractivity contribution is 0.595. The highest BCUT2D eigenvalue weighted by molar-refractivity contribution is 6.02. The van der Waals surface area contributed by atoms with E-state index in [0.717, 1.165) is 55.7 Å². The van der Waals surface area contributed by atoms with Crippen molar-refractivity contribution in [2.45, 2.75) is 18.8 Å². The average molecular weight is 668 g/mol. The fraction of sp³-hybridized carbons (Fsp3) is 0.0625. The highest BCUT2D eigenvalue weighted by atomic mass is 16.3. The van der Waals surface area contributed by atoms with Gasteiger partial charge in [-0.1, -0.05) is 152 Å². The molecule has 2 aliphatic carbocycles. The number of para-hydroxylation sites is 1. The third kappa shape index (κ3) is 4.24. The lowest BCUT2D eigenvalue weighted by atomic mass is 9.68. The Morgan fingerprint density at radius 2 is 1.08 bits per heavy atom. The van der Waals surface area contributed by atoms with Crippen LogP contribution in [0, 0.1) is 0 Å². The van der Waals surface area contributed by atoms with E-state index in [-0.39, 0.29) is 0 Å². The fourth-order valence-electron chi connectivity index (χ4n) is 8.71. The van der Waals surface area contributed by atoms with Gasteiger partial charge in [-0.05, 0) is 58.4 Å². The summed E-state index contributed by atoms with van der Waals surface area (Å²) in [6.45, 7) is 6.44. The number of aromatic nitrogens is 3. The molecule has 0 saturated carbocycles. The van der Waals surface area contributed by atoms with Crippen LogP contribution in [0.15, 0.2) is 174 Å². The van der Waals surface area contributed by atoms with Crippen molar-refractivity contribution >= 4 is 16.5 Å². The van der Waals surface area contributed by atoms with Crippen LogP contribution < -0.4 is 0 Å². The second-order valence-corrected chi connectivity index (χ2v) is 13.5. The van der Waals surface area contributed by atoms with Crippen LogP contribution in [0.25, 0.3) is 61.8 Å². The Labute approximate surface area is 302 Å². The minimum atomic E-state index is -0.620. The van der Waals surface area contributed by atoms with Crippen LogP contribution in [0.4, 0.5) is 0 Å². The molecular formula is C48H33N3O. The standard InChI is InChI=1S/C48H33N3O/c1-3-17-36-35-24-12-15-29-41(35)52-44(36)42-30(2)48(39-27-13-10-22-33(39)34-23-11-14-28-40(34)48)43-37(42)25-16-26-38(43)47-50-45(31-18-6-4-7-19-31)49-46(51-47)32-20-8-5-9-21-32/h3-16,18-29H,1,17H2,2H3. The number of rotatable bonds is 6. The van der Waals surface area contributed by atoms with E-state index in [0.29, 0.717) is 23.9 Å². The van der Waals surface area contributed by atoms with E-state index in [1.54, 1.807) is 0 Å². The highest BCUT2D eigenvalue weighted by Gasteiger charge is 2.53. The Hall–Kier alpha value is -6.65. The Balaban J connectivity index is 1.34. The van der Waals surface area contributed by atoms with Crippen molar-refractivity contribution in [2.75, 3.05) is 0 Å². The summed E-state index contributed by atoms with van der Waals surface area (Å²) in [4.78, 5) is 15.6. The van der Waals surface area contributed by atoms with E-state index < -0.39 is 5.41 Å². The highest BCUT2D eigenvalue weighted by Crippen LogP contribution is 2.64. The van der Waals surface area contributed by atoms with Crippen molar-refractivity contribution in [3.63, 3.8) is 0 Å². The summed E-state index contributed by atoms with van der Waals surface area (Å²) >= 11 is 0. The third-order valence-electron chi connectivity index (χ3n) is 10.8. The van der Waals surface area contributed by atoms with Crippen LogP contribution in [0.1, 0.15) is 40.5 Å². The first-order chi connectivity index (χ1) is 25.7. The van der Waals surface area contributed by atoms with Gasteiger partial charge in [0.1, 0.15) is 11.3 Å². The van der Waals surface area contributed by atoms with E-state index in [2.05, 4.69) is 123 Å². The monoisotopic (exact) mass is 667 g/mol. The van der Waals surface area contributed by atoms with Gasteiger partial charge >= 0.3 is 0 Å². The molecule has 10 rings (SSSR count). The first-order valence-corrected chi connectivity index (χ1v) is 17.7. The number of furan rings is 1. The smallest absolute Gasteiger partial charge is 0.164 e. The van der Waals surface area contributed by atoms with Gasteiger partial charge in [-0.3, -0.25) is 0 Å². The molecule has 0 aliphatic heterocycles. The molecule has 0 fully saturated rings. The van der Waals surface area contributed by atoms with Crippen LogP contribution in [0.2, 0.25) is 0 Å². The van der Waals surface area contributed by atoms with E-state index in [1.165, 1.54) is 27.8 Å². The van der Waals surface area contributed by atoms with Crippen molar-refractivity contribution in [1.29, 1.82) is 0 Å². The lowest BCUT2D eigenvalue weighted by Gasteiger charge is -2.32.